The second-order valence-electron chi connectivity index (χ2n) is 8.27. The number of hydrogen-bond acceptors (Lipinski definition) is 4. The SMILES string of the molecule is CC(C)CCOc1ccc(C(=O)Nc2ccc(NC(=O)C(C)Oc3ccccc3Cl)cc2)cc1. The largest absolute Gasteiger partial charge is 0.494 e. The average Bonchev–Trinajstić information content (AvgIpc) is 2.82. The van der Waals surface area contributed by atoms with Gasteiger partial charge in [-0.1, -0.05) is 37.6 Å². The minimum atomic E-state index is -0.739. The van der Waals surface area contributed by atoms with Gasteiger partial charge >= 0.3 is 0 Å². The molecular formula is C27H29ClN2O4. The van der Waals surface area contributed by atoms with E-state index in [1.807, 2.05) is 0 Å². The van der Waals surface area contributed by atoms with Gasteiger partial charge in [-0.25, -0.2) is 0 Å². The molecule has 0 fully saturated rings. The molecule has 34 heavy (non-hydrogen) atoms. The third-order valence-electron chi connectivity index (χ3n) is 5.00. The van der Waals surface area contributed by atoms with E-state index in [2.05, 4.69) is 24.5 Å². The van der Waals surface area contributed by atoms with Crippen LogP contribution in [0.1, 0.15) is 37.6 Å². The molecule has 0 aliphatic rings. The molecule has 0 aliphatic carbocycles. The lowest BCUT2D eigenvalue weighted by Gasteiger charge is -2.15. The number of ether oxygens (including phenoxy) is 2. The van der Waals surface area contributed by atoms with E-state index >= 15 is 0 Å². The van der Waals surface area contributed by atoms with Crippen molar-refractivity contribution in [2.24, 2.45) is 5.92 Å². The van der Waals surface area contributed by atoms with E-state index < -0.39 is 6.10 Å². The zero-order valence-corrected chi connectivity index (χ0v) is 20.3. The summed E-state index contributed by atoms with van der Waals surface area (Å²) in [7, 11) is 0. The Bertz CT molecular complexity index is 1100. The smallest absolute Gasteiger partial charge is 0.265 e. The number of nitrogens with one attached hydrogen (secondary N) is 2. The van der Waals surface area contributed by atoms with Crippen LogP contribution in [-0.2, 0) is 4.79 Å². The molecule has 3 aromatic rings. The maximum atomic E-state index is 12.5. The molecular weight excluding hydrogens is 452 g/mol. The normalized spacial score (nSPS) is 11.6. The Balaban J connectivity index is 1.50. The maximum Gasteiger partial charge on any atom is 0.265 e. The molecule has 0 aromatic heterocycles. The van der Waals surface area contributed by atoms with E-state index in [0.717, 1.165) is 12.2 Å². The quantitative estimate of drug-likeness (QED) is 0.351. The number of rotatable bonds is 10. The van der Waals surface area contributed by atoms with Crippen molar-refractivity contribution < 1.29 is 19.1 Å². The molecule has 1 atom stereocenters. The monoisotopic (exact) mass is 480 g/mol. The van der Waals surface area contributed by atoms with Gasteiger partial charge in [-0.15, -0.1) is 0 Å². The molecule has 2 amide bonds. The molecule has 0 saturated carbocycles. The van der Waals surface area contributed by atoms with Crippen molar-refractivity contribution in [3.63, 3.8) is 0 Å². The molecule has 2 N–H and O–H groups in total. The first-order valence-electron chi connectivity index (χ1n) is 11.2. The van der Waals surface area contributed by atoms with Gasteiger partial charge in [0.1, 0.15) is 11.5 Å². The number of benzene rings is 3. The van der Waals surface area contributed by atoms with Crippen LogP contribution in [0.15, 0.2) is 72.8 Å². The Morgan fingerprint density at radius 1 is 0.853 bits per heavy atom. The summed E-state index contributed by atoms with van der Waals surface area (Å²) in [6.07, 6.45) is 0.239. The second-order valence-corrected chi connectivity index (χ2v) is 8.67. The summed E-state index contributed by atoms with van der Waals surface area (Å²) < 4.78 is 11.3. The molecule has 0 bridgehead atoms. The fourth-order valence-electron chi connectivity index (χ4n) is 2.98. The fraction of sp³-hybridized carbons (Fsp3) is 0.259. The summed E-state index contributed by atoms with van der Waals surface area (Å²) in [6, 6.07) is 20.9. The average molecular weight is 481 g/mol. The standard InChI is InChI=1S/C27H29ClN2O4/c1-18(2)16-17-33-23-14-8-20(9-15-23)27(32)30-22-12-10-21(11-13-22)29-26(31)19(3)34-25-7-5-4-6-24(25)28/h4-15,18-19H,16-17H2,1-3H3,(H,29,31)(H,30,32). The van der Waals surface area contributed by atoms with Crippen LogP contribution in [0.25, 0.3) is 0 Å². The molecule has 3 rings (SSSR count). The molecule has 0 spiro atoms. The van der Waals surface area contributed by atoms with E-state index in [-0.39, 0.29) is 11.8 Å². The predicted molar refractivity (Wildman–Crippen MR) is 136 cm³/mol. The van der Waals surface area contributed by atoms with Crippen molar-refractivity contribution in [1.29, 1.82) is 0 Å². The number of carbonyl (C=O) groups is 2. The Hall–Kier alpha value is -3.51. The van der Waals surface area contributed by atoms with E-state index in [1.165, 1.54) is 0 Å². The van der Waals surface area contributed by atoms with E-state index in [9.17, 15) is 9.59 Å². The van der Waals surface area contributed by atoms with Crippen molar-refractivity contribution in [3.05, 3.63) is 83.4 Å². The van der Waals surface area contributed by atoms with Gasteiger partial charge in [0.05, 0.1) is 11.6 Å². The van der Waals surface area contributed by atoms with Crippen LogP contribution in [0.4, 0.5) is 11.4 Å². The van der Waals surface area contributed by atoms with Gasteiger partial charge in [0.2, 0.25) is 0 Å². The van der Waals surface area contributed by atoms with E-state index in [0.29, 0.717) is 40.2 Å². The molecule has 0 aliphatic heterocycles. The lowest BCUT2D eigenvalue weighted by Crippen LogP contribution is -2.30. The lowest BCUT2D eigenvalue weighted by atomic mass is 10.1. The van der Waals surface area contributed by atoms with Crippen LogP contribution in [0.3, 0.4) is 0 Å². The van der Waals surface area contributed by atoms with Crippen molar-refractivity contribution in [2.45, 2.75) is 33.3 Å². The topological polar surface area (TPSA) is 76.7 Å². The Kier molecular flexibility index (Phi) is 8.93. The summed E-state index contributed by atoms with van der Waals surface area (Å²) in [5, 5.41) is 6.08. The summed E-state index contributed by atoms with van der Waals surface area (Å²) in [5.74, 6) is 1.22. The van der Waals surface area contributed by atoms with Crippen LogP contribution >= 0.6 is 11.6 Å². The highest BCUT2D eigenvalue weighted by atomic mass is 35.5. The van der Waals surface area contributed by atoms with Gasteiger partial charge in [0.15, 0.2) is 6.10 Å². The van der Waals surface area contributed by atoms with Crippen LogP contribution in [0.2, 0.25) is 5.02 Å². The number of hydrogen-bond donors (Lipinski definition) is 2. The molecule has 1 unspecified atom stereocenters. The second kappa shape index (κ2) is 12.1. The Labute approximate surface area is 205 Å². The molecule has 3 aromatic carbocycles. The molecule has 178 valence electrons. The highest BCUT2D eigenvalue weighted by molar-refractivity contribution is 6.32. The maximum absolute atomic E-state index is 12.5. The van der Waals surface area contributed by atoms with Gasteiger partial charge in [0.25, 0.3) is 11.8 Å². The summed E-state index contributed by atoms with van der Waals surface area (Å²) in [5.41, 5.74) is 1.72. The van der Waals surface area contributed by atoms with Gasteiger partial charge in [0, 0.05) is 16.9 Å². The Morgan fingerprint density at radius 2 is 1.47 bits per heavy atom. The van der Waals surface area contributed by atoms with Crippen molar-refractivity contribution in [3.8, 4) is 11.5 Å². The van der Waals surface area contributed by atoms with E-state index in [4.69, 9.17) is 21.1 Å². The van der Waals surface area contributed by atoms with Crippen LogP contribution < -0.4 is 20.1 Å². The number of anilines is 2. The van der Waals surface area contributed by atoms with Crippen molar-refractivity contribution in [2.75, 3.05) is 17.2 Å². The summed E-state index contributed by atoms with van der Waals surface area (Å²) >= 11 is 6.08. The zero-order valence-electron chi connectivity index (χ0n) is 19.5. The van der Waals surface area contributed by atoms with E-state index in [1.54, 1.807) is 79.7 Å². The minimum Gasteiger partial charge on any atom is -0.494 e. The summed E-state index contributed by atoms with van der Waals surface area (Å²) in [4.78, 5) is 25.0. The van der Waals surface area contributed by atoms with Gasteiger partial charge in [-0.2, -0.15) is 0 Å². The fourth-order valence-corrected chi connectivity index (χ4v) is 3.16. The lowest BCUT2D eigenvalue weighted by molar-refractivity contribution is -0.122. The van der Waals surface area contributed by atoms with Gasteiger partial charge < -0.3 is 20.1 Å². The highest BCUT2D eigenvalue weighted by Gasteiger charge is 2.16. The molecule has 0 heterocycles. The molecule has 0 saturated heterocycles. The van der Waals surface area contributed by atoms with Crippen molar-refractivity contribution in [1.82, 2.24) is 0 Å². The van der Waals surface area contributed by atoms with Gasteiger partial charge in [-0.05, 0) is 79.9 Å². The number of amides is 2. The zero-order chi connectivity index (χ0) is 24.5. The minimum absolute atomic E-state index is 0.229. The first-order valence-corrected chi connectivity index (χ1v) is 11.6. The number of para-hydroxylation sites is 1. The Morgan fingerprint density at radius 3 is 2.09 bits per heavy atom. The van der Waals surface area contributed by atoms with Gasteiger partial charge in [-0.3, -0.25) is 9.59 Å². The van der Waals surface area contributed by atoms with Crippen molar-refractivity contribution >= 4 is 34.8 Å². The highest BCUT2D eigenvalue weighted by Crippen LogP contribution is 2.24. The first-order chi connectivity index (χ1) is 16.3. The van der Waals surface area contributed by atoms with Crippen LogP contribution in [0, 0.1) is 5.92 Å². The first kappa shape index (κ1) is 25.1. The van der Waals surface area contributed by atoms with Crippen LogP contribution in [0.5, 0.6) is 11.5 Å². The molecule has 7 heteroatoms. The number of carbonyl (C=O) groups excluding carboxylic acids is 2. The van der Waals surface area contributed by atoms with Crippen LogP contribution in [-0.4, -0.2) is 24.5 Å². The molecule has 6 nitrogen and oxygen atoms in total. The third kappa shape index (κ3) is 7.52. The third-order valence-corrected chi connectivity index (χ3v) is 5.31. The molecule has 0 radical (unpaired) electrons. The summed E-state index contributed by atoms with van der Waals surface area (Å²) in [6.45, 7) is 6.59. The number of halogens is 1. The predicted octanol–water partition coefficient (Wildman–Crippen LogP) is 6.42.